The molecule has 0 atom stereocenters. The molecular weight excluding hydrogens is 286 g/mol. The maximum Gasteiger partial charge on any atom is 0.243 e. The summed E-state index contributed by atoms with van der Waals surface area (Å²) in [5.41, 5.74) is 2.94. The van der Waals surface area contributed by atoms with Crippen molar-refractivity contribution in [1.29, 1.82) is 5.26 Å². The van der Waals surface area contributed by atoms with Gasteiger partial charge in [0, 0.05) is 11.4 Å². The van der Waals surface area contributed by atoms with Gasteiger partial charge in [0.15, 0.2) is 0 Å². The van der Waals surface area contributed by atoms with E-state index in [1.54, 1.807) is 18.2 Å². The summed E-state index contributed by atoms with van der Waals surface area (Å²) in [6.07, 6.45) is 0. The van der Waals surface area contributed by atoms with Crippen LogP contribution in [0.25, 0.3) is 0 Å². The van der Waals surface area contributed by atoms with E-state index in [0.717, 1.165) is 11.3 Å². The first-order valence-electron chi connectivity index (χ1n) is 6.39. The Kier molecular flexibility index (Phi) is 4.81. The number of para-hydroxylation sites is 1. The number of nitriles is 1. The van der Waals surface area contributed by atoms with Gasteiger partial charge >= 0.3 is 0 Å². The third-order valence-corrected chi connectivity index (χ3v) is 3.27. The minimum atomic E-state index is -0.181. The first-order valence-corrected chi connectivity index (χ1v) is 6.77. The minimum absolute atomic E-state index is 0.155. The molecular formula is C16H14ClN3O. The van der Waals surface area contributed by atoms with E-state index in [4.69, 9.17) is 16.9 Å². The van der Waals surface area contributed by atoms with E-state index in [-0.39, 0.29) is 12.5 Å². The van der Waals surface area contributed by atoms with E-state index in [1.807, 2.05) is 37.3 Å². The van der Waals surface area contributed by atoms with Crippen molar-refractivity contribution in [2.24, 2.45) is 0 Å². The normalized spacial score (nSPS) is 9.76. The zero-order valence-corrected chi connectivity index (χ0v) is 12.2. The maximum absolute atomic E-state index is 11.9. The molecule has 106 valence electrons. The monoisotopic (exact) mass is 299 g/mol. The van der Waals surface area contributed by atoms with Crippen molar-refractivity contribution in [3.05, 3.63) is 58.6 Å². The standard InChI is InChI=1S/C16H14ClN3O/c1-11-4-2-3-5-15(11)19-10-16(21)20-13-7-6-12(9-18)14(17)8-13/h2-8,19H,10H2,1H3,(H,20,21). The van der Waals surface area contributed by atoms with E-state index in [2.05, 4.69) is 10.6 Å². The fourth-order valence-corrected chi connectivity index (χ4v) is 2.06. The predicted octanol–water partition coefficient (Wildman–Crippen LogP) is 3.57. The molecule has 0 saturated heterocycles. The average Bonchev–Trinajstić information content (AvgIpc) is 2.46. The second-order valence-corrected chi connectivity index (χ2v) is 4.93. The van der Waals surface area contributed by atoms with Crippen LogP contribution >= 0.6 is 11.6 Å². The fraction of sp³-hybridized carbons (Fsp3) is 0.125. The van der Waals surface area contributed by atoms with Gasteiger partial charge in [-0.3, -0.25) is 4.79 Å². The highest BCUT2D eigenvalue weighted by Gasteiger charge is 2.06. The molecule has 0 heterocycles. The quantitative estimate of drug-likeness (QED) is 0.907. The van der Waals surface area contributed by atoms with Crippen molar-refractivity contribution >= 4 is 28.9 Å². The Hall–Kier alpha value is -2.51. The number of hydrogen-bond acceptors (Lipinski definition) is 3. The van der Waals surface area contributed by atoms with Gasteiger partial charge in [-0.05, 0) is 36.8 Å². The summed E-state index contributed by atoms with van der Waals surface area (Å²) in [7, 11) is 0. The van der Waals surface area contributed by atoms with Gasteiger partial charge in [0.25, 0.3) is 0 Å². The zero-order valence-electron chi connectivity index (χ0n) is 11.5. The molecule has 0 saturated carbocycles. The third kappa shape index (κ3) is 3.98. The van der Waals surface area contributed by atoms with Gasteiger partial charge in [-0.1, -0.05) is 29.8 Å². The van der Waals surface area contributed by atoms with Gasteiger partial charge in [-0.15, -0.1) is 0 Å². The summed E-state index contributed by atoms with van der Waals surface area (Å²) in [4.78, 5) is 11.9. The molecule has 2 N–H and O–H groups in total. The Morgan fingerprint density at radius 1 is 1.29 bits per heavy atom. The highest BCUT2D eigenvalue weighted by molar-refractivity contribution is 6.32. The number of amides is 1. The van der Waals surface area contributed by atoms with Crippen molar-refractivity contribution in [3.8, 4) is 6.07 Å². The Bertz CT molecular complexity index is 707. The molecule has 2 aromatic carbocycles. The van der Waals surface area contributed by atoms with Crippen LogP contribution < -0.4 is 10.6 Å². The first-order chi connectivity index (χ1) is 10.1. The van der Waals surface area contributed by atoms with Gasteiger partial charge in [-0.25, -0.2) is 0 Å². The van der Waals surface area contributed by atoms with Gasteiger partial charge in [0.05, 0.1) is 17.1 Å². The molecule has 5 heteroatoms. The molecule has 2 rings (SSSR count). The molecule has 0 aliphatic carbocycles. The van der Waals surface area contributed by atoms with Crippen molar-refractivity contribution < 1.29 is 4.79 Å². The summed E-state index contributed by atoms with van der Waals surface area (Å²) >= 11 is 5.92. The predicted molar refractivity (Wildman–Crippen MR) is 84.5 cm³/mol. The molecule has 2 aromatic rings. The number of halogens is 1. The summed E-state index contributed by atoms with van der Waals surface area (Å²) in [5.74, 6) is -0.181. The molecule has 0 unspecified atom stereocenters. The molecule has 0 fully saturated rings. The average molecular weight is 300 g/mol. The second kappa shape index (κ2) is 6.78. The molecule has 0 aliphatic rings. The van der Waals surface area contributed by atoms with E-state index in [0.29, 0.717) is 16.3 Å². The van der Waals surface area contributed by atoms with Gasteiger partial charge in [0.1, 0.15) is 6.07 Å². The summed E-state index contributed by atoms with van der Waals surface area (Å²) in [6.45, 7) is 2.13. The molecule has 4 nitrogen and oxygen atoms in total. The van der Waals surface area contributed by atoms with Crippen LogP contribution in [0.5, 0.6) is 0 Å². The van der Waals surface area contributed by atoms with Crippen LogP contribution in [0.3, 0.4) is 0 Å². The number of benzene rings is 2. The molecule has 0 aromatic heterocycles. The molecule has 21 heavy (non-hydrogen) atoms. The van der Waals surface area contributed by atoms with E-state index < -0.39 is 0 Å². The van der Waals surface area contributed by atoms with Crippen LogP contribution in [0, 0.1) is 18.3 Å². The Balaban J connectivity index is 1.95. The van der Waals surface area contributed by atoms with Crippen LogP contribution in [0.4, 0.5) is 11.4 Å². The highest BCUT2D eigenvalue weighted by atomic mass is 35.5. The highest BCUT2D eigenvalue weighted by Crippen LogP contribution is 2.20. The molecule has 1 amide bonds. The minimum Gasteiger partial charge on any atom is -0.376 e. The molecule has 0 aliphatic heterocycles. The lowest BCUT2D eigenvalue weighted by Gasteiger charge is -2.10. The summed E-state index contributed by atoms with van der Waals surface area (Å²) in [6, 6.07) is 14.5. The Labute approximate surface area is 128 Å². The number of anilines is 2. The van der Waals surface area contributed by atoms with Crippen molar-refractivity contribution in [2.45, 2.75) is 6.92 Å². The first kappa shape index (κ1) is 14.9. The van der Waals surface area contributed by atoms with Crippen molar-refractivity contribution in [3.63, 3.8) is 0 Å². The van der Waals surface area contributed by atoms with Crippen LogP contribution in [-0.2, 0) is 4.79 Å². The molecule has 0 radical (unpaired) electrons. The van der Waals surface area contributed by atoms with Crippen LogP contribution in [0.2, 0.25) is 5.02 Å². The van der Waals surface area contributed by atoms with Crippen LogP contribution in [0.15, 0.2) is 42.5 Å². The molecule has 0 spiro atoms. The lowest BCUT2D eigenvalue weighted by molar-refractivity contribution is -0.114. The number of aryl methyl sites for hydroxylation is 1. The number of rotatable bonds is 4. The number of carbonyl (C=O) groups excluding carboxylic acids is 1. The van der Waals surface area contributed by atoms with E-state index in [9.17, 15) is 4.79 Å². The lowest BCUT2D eigenvalue weighted by Crippen LogP contribution is -2.22. The SMILES string of the molecule is Cc1ccccc1NCC(=O)Nc1ccc(C#N)c(Cl)c1. The maximum atomic E-state index is 11.9. The Morgan fingerprint density at radius 3 is 2.71 bits per heavy atom. The summed E-state index contributed by atoms with van der Waals surface area (Å²) < 4.78 is 0. The third-order valence-electron chi connectivity index (χ3n) is 2.96. The smallest absolute Gasteiger partial charge is 0.243 e. The summed E-state index contributed by atoms with van der Waals surface area (Å²) in [5, 5.41) is 14.9. The second-order valence-electron chi connectivity index (χ2n) is 4.52. The van der Waals surface area contributed by atoms with Gasteiger partial charge in [0.2, 0.25) is 5.91 Å². The number of nitrogens with one attached hydrogen (secondary N) is 2. The van der Waals surface area contributed by atoms with E-state index in [1.165, 1.54) is 0 Å². The fourth-order valence-electron chi connectivity index (χ4n) is 1.84. The number of nitrogens with zero attached hydrogens (tertiary/aromatic N) is 1. The lowest BCUT2D eigenvalue weighted by atomic mass is 10.2. The number of hydrogen-bond donors (Lipinski definition) is 2. The topological polar surface area (TPSA) is 64.9 Å². The largest absolute Gasteiger partial charge is 0.376 e. The van der Waals surface area contributed by atoms with Crippen LogP contribution in [-0.4, -0.2) is 12.5 Å². The molecule has 0 bridgehead atoms. The van der Waals surface area contributed by atoms with Crippen molar-refractivity contribution in [2.75, 3.05) is 17.2 Å². The van der Waals surface area contributed by atoms with Gasteiger partial charge in [-0.2, -0.15) is 5.26 Å². The van der Waals surface area contributed by atoms with E-state index >= 15 is 0 Å². The van der Waals surface area contributed by atoms with Crippen LogP contribution in [0.1, 0.15) is 11.1 Å². The van der Waals surface area contributed by atoms with Crippen molar-refractivity contribution in [1.82, 2.24) is 0 Å². The van der Waals surface area contributed by atoms with Gasteiger partial charge < -0.3 is 10.6 Å². The zero-order chi connectivity index (χ0) is 15.2. The Morgan fingerprint density at radius 2 is 2.05 bits per heavy atom. The number of carbonyl (C=O) groups is 1.